The van der Waals surface area contributed by atoms with Gasteiger partial charge in [-0.05, 0) is 111 Å². The number of allylic oxidation sites excluding steroid dienone is 2. The zero-order chi connectivity index (χ0) is 24.9. The lowest BCUT2D eigenvalue weighted by Crippen LogP contribution is -2.30. The number of hydrogen-bond acceptors (Lipinski definition) is 1. The molecule has 2 aromatic carbocycles. The van der Waals surface area contributed by atoms with Gasteiger partial charge in [0.15, 0.2) is 17.4 Å². The molecule has 1 nitrogen and oxygen atoms in total. The van der Waals surface area contributed by atoms with Gasteiger partial charge in [-0.3, -0.25) is 0 Å². The molecule has 0 N–H and O–H groups in total. The van der Waals surface area contributed by atoms with E-state index in [1.807, 2.05) is 0 Å². The molecule has 4 unspecified atom stereocenters. The molecular formula is C30H34F4O. The molecule has 35 heavy (non-hydrogen) atoms. The molecule has 4 atom stereocenters. The van der Waals surface area contributed by atoms with Crippen molar-refractivity contribution in [1.29, 1.82) is 0 Å². The molecule has 0 radical (unpaired) electrons. The lowest BCUT2D eigenvalue weighted by Gasteiger charge is -2.42. The van der Waals surface area contributed by atoms with Crippen molar-refractivity contribution in [2.75, 3.05) is 6.61 Å². The first-order valence-electron chi connectivity index (χ1n) is 12.7. The molecule has 2 aliphatic carbocycles. The first-order chi connectivity index (χ1) is 16.9. The van der Waals surface area contributed by atoms with E-state index in [0.717, 1.165) is 43.7 Å². The maximum absolute atomic E-state index is 15.1. The van der Waals surface area contributed by atoms with Crippen LogP contribution in [0, 0.1) is 41.0 Å². The van der Waals surface area contributed by atoms with Gasteiger partial charge in [0, 0.05) is 0 Å². The van der Waals surface area contributed by atoms with Gasteiger partial charge in [-0.2, -0.15) is 0 Å². The lowest BCUT2D eigenvalue weighted by molar-refractivity contribution is 0.115. The summed E-state index contributed by atoms with van der Waals surface area (Å²) >= 11 is 0. The van der Waals surface area contributed by atoms with Gasteiger partial charge < -0.3 is 4.74 Å². The summed E-state index contributed by atoms with van der Waals surface area (Å²) in [5.74, 6) is -2.00. The van der Waals surface area contributed by atoms with E-state index in [1.165, 1.54) is 43.9 Å². The van der Waals surface area contributed by atoms with Crippen molar-refractivity contribution in [2.45, 2.75) is 64.2 Å². The number of fused-ring (bicyclic) bond motifs is 1. The minimum atomic E-state index is -1.01. The highest BCUT2D eigenvalue weighted by Crippen LogP contribution is 2.49. The number of benzene rings is 2. The summed E-state index contributed by atoms with van der Waals surface area (Å²) in [5.41, 5.74) is 0.0360. The van der Waals surface area contributed by atoms with E-state index in [2.05, 4.69) is 25.7 Å². The van der Waals surface area contributed by atoms with Gasteiger partial charge in [0.25, 0.3) is 0 Å². The second-order valence-electron chi connectivity index (χ2n) is 10.1. The molecule has 0 amide bonds. The second kappa shape index (κ2) is 11.5. The van der Waals surface area contributed by atoms with E-state index in [0.29, 0.717) is 17.4 Å². The molecule has 2 fully saturated rings. The topological polar surface area (TPSA) is 9.23 Å². The molecule has 0 heterocycles. The van der Waals surface area contributed by atoms with Gasteiger partial charge >= 0.3 is 0 Å². The predicted molar refractivity (Wildman–Crippen MR) is 132 cm³/mol. The maximum Gasteiger partial charge on any atom is 0.191 e. The molecular weight excluding hydrogens is 452 g/mol. The molecule has 2 aliphatic rings. The van der Waals surface area contributed by atoms with Crippen LogP contribution in [-0.2, 0) is 0 Å². The average Bonchev–Trinajstić information content (AvgIpc) is 2.83. The van der Waals surface area contributed by atoms with Crippen LogP contribution < -0.4 is 4.74 Å². The molecule has 2 aromatic rings. The van der Waals surface area contributed by atoms with Crippen molar-refractivity contribution in [3.05, 3.63) is 77.9 Å². The van der Waals surface area contributed by atoms with E-state index in [1.54, 1.807) is 0 Å². The van der Waals surface area contributed by atoms with Crippen molar-refractivity contribution in [2.24, 2.45) is 17.8 Å². The summed E-state index contributed by atoms with van der Waals surface area (Å²) in [6, 6.07) is 4.51. The fourth-order valence-corrected chi connectivity index (χ4v) is 6.14. The van der Waals surface area contributed by atoms with Crippen LogP contribution in [0.2, 0.25) is 0 Å². The Morgan fingerprint density at radius 3 is 2.20 bits per heavy atom. The molecule has 0 aliphatic heterocycles. The Morgan fingerprint density at radius 2 is 1.54 bits per heavy atom. The van der Waals surface area contributed by atoms with E-state index < -0.39 is 34.6 Å². The van der Waals surface area contributed by atoms with Crippen molar-refractivity contribution >= 4 is 0 Å². The zero-order valence-electron chi connectivity index (χ0n) is 20.3. The monoisotopic (exact) mass is 486 g/mol. The van der Waals surface area contributed by atoms with E-state index in [9.17, 15) is 8.78 Å². The van der Waals surface area contributed by atoms with Crippen LogP contribution in [0.25, 0.3) is 11.1 Å². The third-order valence-corrected chi connectivity index (χ3v) is 7.87. The Labute approximate surface area is 205 Å². The van der Waals surface area contributed by atoms with E-state index >= 15 is 8.78 Å². The van der Waals surface area contributed by atoms with Crippen LogP contribution in [0.1, 0.15) is 69.8 Å². The van der Waals surface area contributed by atoms with Crippen LogP contribution in [0.3, 0.4) is 0 Å². The van der Waals surface area contributed by atoms with Gasteiger partial charge in [-0.1, -0.05) is 31.2 Å². The van der Waals surface area contributed by atoms with Crippen molar-refractivity contribution in [3.63, 3.8) is 0 Å². The smallest absolute Gasteiger partial charge is 0.191 e. The number of halogens is 4. The standard InChI is InChI=1S/C30H34F4O/c1-3-5-6-7-19-8-9-21-14-22(11-10-20(21)13-19)23-15-25(31)29(26(32)16-23)24-17-27(33)30(28(34)18-24)35-12-4-2/h3-5,15-22H,2,6-14H2,1H3/b5-3+. The SMILES string of the molecule is C=CCOc1c(F)cc(-c2c(F)cc(C3CCC4CC(CC/C=C/C)CCC4C3)cc2F)cc1F. The van der Waals surface area contributed by atoms with Crippen LogP contribution in [-0.4, -0.2) is 6.61 Å². The van der Waals surface area contributed by atoms with Gasteiger partial charge in [-0.15, -0.1) is 0 Å². The van der Waals surface area contributed by atoms with Crippen LogP contribution in [0.4, 0.5) is 17.6 Å². The molecule has 4 rings (SSSR count). The Bertz CT molecular complexity index is 1030. The minimum absolute atomic E-state index is 0.0787. The third kappa shape index (κ3) is 5.82. The average molecular weight is 487 g/mol. The van der Waals surface area contributed by atoms with Gasteiger partial charge in [-0.25, -0.2) is 17.6 Å². The molecule has 0 aromatic heterocycles. The van der Waals surface area contributed by atoms with Gasteiger partial charge in [0.05, 0.1) is 5.56 Å². The normalized spacial score (nSPS) is 24.4. The Balaban J connectivity index is 1.48. The van der Waals surface area contributed by atoms with Crippen molar-refractivity contribution < 1.29 is 22.3 Å². The number of hydrogen-bond donors (Lipinski definition) is 0. The summed E-state index contributed by atoms with van der Waals surface area (Å²) in [7, 11) is 0. The third-order valence-electron chi connectivity index (χ3n) is 7.87. The molecule has 5 heteroatoms. The zero-order valence-corrected chi connectivity index (χ0v) is 20.3. The maximum atomic E-state index is 15.1. The highest BCUT2D eigenvalue weighted by molar-refractivity contribution is 5.66. The number of rotatable bonds is 8. The first kappa shape index (κ1) is 25.5. The molecule has 188 valence electrons. The summed E-state index contributed by atoms with van der Waals surface area (Å²) in [6.45, 7) is 5.42. The summed E-state index contributed by atoms with van der Waals surface area (Å²) in [5, 5.41) is 0. The highest BCUT2D eigenvalue weighted by Gasteiger charge is 2.36. The van der Waals surface area contributed by atoms with E-state index in [-0.39, 0.29) is 18.1 Å². The molecule has 0 saturated heterocycles. The molecule has 0 bridgehead atoms. The predicted octanol–water partition coefficient (Wildman–Crippen LogP) is 9.13. The fraction of sp³-hybridized carbons (Fsp3) is 0.467. The quantitative estimate of drug-likeness (QED) is 0.267. The summed E-state index contributed by atoms with van der Waals surface area (Å²) < 4.78 is 64.0. The largest absolute Gasteiger partial charge is 0.483 e. The van der Waals surface area contributed by atoms with Crippen molar-refractivity contribution in [3.8, 4) is 16.9 Å². The Kier molecular flexibility index (Phi) is 8.35. The van der Waals surface area contributed by atoms with Crippen LogP contribution in [0.15, 0.2) is 49.1 Å². The first-order valence-corrected chi connectivity index (χ1v) is 12.7. The number of ether oxygens (including phenoxy) is 1. The molecule has 2 saturated carbocycles. The van der Waals surface area contributed by atoms with Crippen LogP contribution in [0.5, 0.6) is 5.75 Å². The lowest BCUT2D eigenvalue weighted by atomic mass is 9.63. The Morgan fingerprint density at radius 1 is 0.886 bits per heavy atom. The summed E-state index contributed by atoms with van der Waals surface area (Å²) in [4.78, 5) is 0. The highest BCUT2D eigenvalue weighted by atomic mass is 19.1. The van der Waals surface area contributed by atoms with Gasteiger partial charge in [0.2, 0.25) is 0 Å². The van der Waals surface area contributed by atoms with Crippen molar-refractivity contribution in [1.82, 2.24) is 0 Å². The fourth-order valence-electron chi connectivity index (χ4n) is 6.14. The van der Waals surface area contributed by atoms with Gasteiger partial charge in [0.1, 0.15) is 18.2 Å². The Hall–Kier alpha value is -2.56. The van der Waals surface area contributed by atoms with E-state index in [4.69, 9.17) is 4.74 Å². The molecule has 0 spiro atoms. The minimum Gasteiger partial charge on any atom is -0.483 e. The van der Waals surface area contributed by atoms with Crippen LogP contribution >= 0.6 is 0 Å². The summed E-state index contributed by atoms with van der Waals surface area (Å²) in [6.07, 6.45) is 14.7. The second-order valence-corrected chi connectivity index (χ2v) is 10.1.